The van der Waals surface area contributed by atoms with Gasteiger partial charge in [0.15, 0.2) is 0 Å². The lowest BCUT2D eigenvalue weighted by molar-refractivity contribution is -0.140. The van der Waals surface area contributed by atoms with Gasteiger partial charge in [-0.2, -0.15) is 0 Å². The Labute approximate surface area is 218 Å². The summed E-state index contributed by atoms with van der Waals surface area (Å²) >= 11 is 0. The molecule has 0 spiro atoms. The highest BCUT2D eigenvalue weighted by Crippen LogP contribution is 2.31. The molecule has 0 aliphatic carbocycles. The average Bonchev–Trinajstić information content (AvgIpc) is 2.94. The Bertz CT molecular complexity index is 1540. The van der Waals surface area contributed by atoms with Gasteiger partial charge in [0.25, 0.3) is 0 Å². The molecule has 1 atom stereocenters. The van der Waals surface area contributed by atoms with Crippen molar-refractivity contribution in [2.24, 2.45) is 0 Å². The number of carbonyl (C=O) groups excluding carboxylic acids is 2. The van der Waals surface area contributed by atoms with Gasteiger partial charge >= 0.3 is 12.0 Å². The number of esters is 1. The van der Waals surface area contributed by atoms with Crippen molar-refractivity contribution in [3.63, 3.8) is 0 Å². The molecule has 2 N–H and O–H groups in total. The zero-order valence-corrected chi connectivity index (χ0v) is 20.6. The minimum Gasteiger partial charge on any atom is -0.497 e. The molecule has 4 aromatic rings. The van der Waals surface area contributed by atoms with E-state index in [4.69, 9.17) is 9.47 Å². The van der Waals surface area contributed by atoms with Crippen LogP contribution < -0.4 is 15.4 Å². The van der Waals surface area contributed by atoms with Gasteiger partial charge in [0.2, 0.25) is 0 Å². The highest BCUT2D eigenvalue weighted by Gasteiger charge is 2.34. The number of allylic oxidation sites excluding steroid dienone is 1. The van der Waals surface area contributed by atoms with Crippen LogP contribution in [-0.2, 0) is 22.6 Å². The molecule has 0 fully saturated rings. The van der Waals surface area contributed by atoms with Crippen molar-refractivity contribution < 1.29 is 23.5 Å². The number of fused-ring (bicyclic) bond motifs is 1. The summed E-state index contributed by atoms with van der Waals surface area (Å²) < 4.78 is 24.6. The molecule has 1 aromatic heterocycles. The fourth-order valence-electron chi connectivity index (χ4n) is 4.42. The van der Waals surface area contributed by atoms with Crippen LogP contribution >= 0.6 is 0 Å². The number of urea groups is 1. The number of halogens is 1. The van der Waals surface area contributed by atoms with Crippen LogP contribution in [-0.4, -0.2) is 29.1 Å². The van der Waals surface area contributed by atoms with Crippen molar-refractivity contribution in [3.8, 4) is 5.75 Å². The van der Waals surface area contributed by atoms with Crippen LogP contribution in [0.15, 0.2) is 90.4 Å². The molecule has 5 rings (SSSR count). The summed E-state index contributed by atoms with van der Waals surface area (Å²) in [6.07, 6.45) is 4.09. The van der Waals surface area contributed by atoms with Crippen molar-refractivity contribution >= 4 is 23.0 Å². The molecule has 8 nitrogen and oxygen atoms in total. The van der Waals surface area contributed by atoms with Crippen LogP contribution in [0.25, 0.3) is 11.0 Å². The number of hydrogen-bond donors (Lipinski definition) is 2. The molecule has 3 aromatic carbocycles. The predicted octanol–water partition coefficient (Wildman–Crippen LogP) is 4.76. The van der Waals surface area contributed by atoms with Crippen molar-refractivity contribution in [1.29, 1.82) is 0 Å². The van der Waals surface area contributed by atoms with Crippen LogP contribution in [0.2, 0.25) is 0 Å². The Morgan fingerprint density at radius 3 is 2.55 bits per heavy atom. The first-order chi connectivity index (χ1) is 18.5. The van der Waals surface area contributed by atoms with Gasteiger partial charge in [-0.05, 0) is 65.9 Å². The van der Waals surface area contributed by atoms with Gasteiger partial charge in [0.1, 0.15) is 18.2 Å². The molecule has 0 saturated carbocycles. The van der Waals surface area contributed by atoms with E-state index < -0.39 is 23.9 Å². The molecule has 2 heterocycles. The zero-order chi connectivity index (χ0) is 26.5. The quantitative estimate of drug-likeness (QED) is 0.330. The normalized spacial score (nSPS) is 15.1. The van der Waals surface area contributed by atoms with Crippen LogP contribution in [0.4, 0.5) is 9.18 Å². The van der Waals surface area contributed by atoms with E-state index in [0.717, 1.165) is 11.3 Å². The molecule has 38 heavy (non-hydrogen) atoms. The number of ether oxygens (including phenoxy) is 2. The van der Waals surface area contributed by atoms with Crippen LogP contribution in [0.5, 0.6) is 5.75 Å². The fourth-order valence-corrected chi connectivity index (χ4v) is 4.42. The first kappa shape index (κ1) is 24.9. The maximum atomic E-state index is 13.7. The highest BCUT2D eigenvalue weighted by molar-refractivity contribution is 5.95. The third kappa shape index (κ3) is 5.62. The van der Waals surface area contributed by atoms with Gasteiger partial charge in [-0.3, -0.25) is 9.97 Å². The molecule has 0 radical (unpaired) electrons. The summed E-state index contributed by atoms with van der Waals surface area (Å²) in [4.78, 5) is 34.9. The summed E-state index contributed by atoms with van der Waals surface area (Å²) in [7, 11) is 1.60. The number of aryl methyl sites for hydroxylation is 1. The minimum atomic E-state index is -0.782. The van der Waals surface area contributed by atoms with E-state index in [0.29, 0.717) is 40.7 Å². The number of rotatable bonds is 8. The molecule has 0 bridgehead atoms. The van der Waals surface area contributed by atoms with Crippen molar-refractivity contribution in [2.75, 3.05) is 7.11 Å². The third-order valence-electron chi connectivity index (χ3n) is 6.26. The van der Waals surface area contributed by atoms with Crippen LogP contribution in [0.3, 0.4) is 0 Å². The monoisotopic (exact) mass is 512 g/mol. The molecular weight excluding hydrogens is 487 g/mol. The standard InChI is InChI=1S/C29H25FN4O4/c1-37-22-7-3-4-18(15-22)8-10-24-26(28(35)38-17-19-5-2-6-21(30)14-19)27(34-29(36)33-24)20-9-11-23-25(16-20)32-13-12-31-23/h2-7,9,11-16,27H,8,10,17H2,1H3,(H2,33,34,36). The Balaban J connectivity index is 1.49. The van der Waals surface area contributed by atoms with Gasteiger partial charge < -0.3 is 20.1 Å². The number of methoxy groups -OCH3 is 1. The number of benzene rings is 3. The maximum absolute atomic E-state index is 13.7. The maximum Gasteiger partial charge on any atom is 0.338 e. The predicted molar refractivity (Wildman–Crippen MR) is 138 cm³/mol. The summed E-state index contributed by atoms with van der Waals surface area (Å²) in [5.74, 6) is -0.319. The second kappa shape index (κ2) is 11.1. The Morgan fingerprint density at radius 2 is 1.74 bits per heavy atom. The molecule has 0 saturated heterocycles. The summed E-state index contributed by atoms with van der Waals surface area (Å²) in [5.41, 5.74) is 4.19. The van der Waals surface area contributed by atoms with Crippen molar-refractivity contribution in [1.82, 2.24) is 20.6 Å². The lowest BCUT2D eigenvalue weighted by atomic mass is 9.92. The van der Waals surface area contributed by atoms with E-state index in [9.17, 15) is 14.0 Å². The molecule has 2 amide bonds. The Morgan fingerprint density at radius 1 is 0.947 bits per heavy atom. The Kier molecular flexibility index (Phi) is 7.26. The van der Waals surface area contributed by atoms with Gasteiger partial charge in [0, 0.05) is 18.1 Å². The van der Waals surface area contributed by atoms with Crippen LogP contribution in [0, 0.1) is 5.82 Å². The highest BCUT2D eigenvalue weighted by atomic mass is 19.1. The summed E-state index contributed by atoms with van der Waals surface area (Å²) in [6, 6.07) is 17.6. The number of amides is 2. The summed E-state index contributed by atoms with van der Waals surface area (Å²) in [5, 5.41) is 5.65. The zero-order valence-electron chi connectivity index (χ0n) is 20.6. The second-order valence-corrected chi connectivity index (χ2v) is 8.79. The summed E-state index contributed by atoms with van der Waals surface area (Å²) in [6.45, 7) is -0.118. The van der Waals surface area contributed by atoms with Gasteiger partial charge in [-0.15, -0.1) is 0 Å². The molecule has 9 heteroatoms. The molecule has 1 unspecified atom stereocenters. The SMILES string of the molecule is COc1cccc(CCC2=C(C(=O)OCc3cccc(F)c3)C(c3ccc4nccnc4c3)NC(=O)N2)c1. The van der Waals surface area contributed by atoms with Crippen LogP contribution in [0.1, 0.15) is 29.2 Å². The lowest BCUT2D eigenvalue weighted by Crippen LogP contribution is -2.46. The van der Waals surface area contributed by atoms with E-state index in [1.807, 2.05) is 24.3 Å². The number of hydrogen-bond acceptors (Lipinski definition) is 6. The lowest BCUT2D eigenvalue weighted by Gasteiger charge is -2.29. The Hall–Kier alpha value is -4.79. The first-order valence-electron chi connectivity index (χ1n) is 12.1. The average molecular weight is 513 g/mol. The largest absolute Gasteiger partial charge is 0.497 e. The van der Waals surface area contributed by atoms with Gasteiger partial charge in [0.05, 0.1) is 29.8 Å². The van der Waals surface area contributed by atoms with Crippen molar-refractivity contribution in [2.45, 2.75) is 25.5 Å². The number of aromatic nitrogens is 2. The van der Waals surface area contributed by atoms with Crippen molar-refractivity contribution in [3.05, 3.63) is 113 Å². The van der Waals surface area contributed by atoms with E-state index in [-0.39, 0.29) is 12.2 Å². The molecule has 192 valence electrons. The van der Waals surface area contributed by atoms with E-state index in [2.05, 4.69) is 20.6 Å². The van der Waals surface area contributed by atoms with E-state index >= 15 is 0 Å². The number of carbonyl (C=O) groups is 2. The van der Waals surface area contributed by atoms with E-state index in [1.165, 1.54) is 12.1 Å². The smallest absolute Gasteiger partial charge is 0.338 e. The van der Waals surface area contributed by atoms with E-state index in [1.54, 1.807) is 49.8 Å². The number of nitrogens with one attached hydrogen (secondary N) is 2. The fraction of sp³-hybridized carbons (Fsp3) is 0.172. The van der Waals surface area contributed by atoms with Gasteiger partial charge in [-0.25, -0.2) is 14.0 Å². The van der Waals surface area contributed by atoms with Gasteiger partial charge in [-0.1, -0.05) is 30.3 Å². The molecule has 1 aliphatic heterocycles. The second-order valence-electron chi connectivity index (χ2n) is 8.79. The third-order valence-corrected chi connectivity index (χ3v) is 6.26. The topological polar surface area (TPSA) is 102 Å². The first-order valence-corrected chi connectivity index (χ1v) is 12.1. The molecular formula is C29H25FN4O4. The minimum absolute atomic E-state index is 0.118. The molecule has 1 aliphatic rings. The number of nitrogens with zero attached hydrogens (tertiary/aromatic N) is 2.